The van der Waals surface area contributed by atoms with E-state index in [0.29, 0.717) is 51.4 Å². The number of amides is 2. The molecule has 0 aliphatic carbocycles. The Morgan fingerprint density at radius 1 is 1.14 bits per heavy atom. The number of esters is 1. The van der Waals surface area contributed by atoms with Gasteiger partial charge in [0.1, 0.15) is 5.75 Å². The SMILES string of the molecule is CCOC(=O)C1CCN(C(=O)CCN(C[C@H]2CCCO2)C(=O)c2cc(-c3ccc(OC)cc3)on2)CC1. The minimum Gasteiger partial charge on any atom is -0.497 e. The lowest BCUT2D eigenvalue weighted by atomic mass is 9.97. The van der Waals surface area contributed by atoms with E-state index in [1.54, 1.807) is 29.9 Å². The highest BCUT2D eigenvalue weighted by molar-refractivity contribution is 5.93. The van der Waals surface area contributed by atoms with Crippen LogP contribution in [0, 0.1) is 5.92 Å². The number of nitrogens with zero attached hydrogens (tertiary/aromatic N) is 3. The Morgan fingerprint density at radius 2 is 1.89 bits per heavy atom. The second-order valence-electron chi connectivity index (χ2n) is 9.35. The molecule has 1 aromatic carbocycles. The zero-order chi connectivity index (χ0) is 26.2. The van der Waals surface area contributed by atoms with Crippen molar-refractivity contribution in [3.8, 4) is 17.1 Å². The number of hydrogen-bond acceptors (Lipinski definition) is 8. The summed E-state index contributed by atoms with van der Waals surface area (Å²) in [4.78, 5) is 41.7. The molecule has 2 aromatic rings. The van der Waals surface area contributed by atoms with Crippen molar-refractivity contribution in [3.05, 3.63) is 36.0 Å². The molecule has 2 amide bonds. The molecule has 0 unspecified atom stereocenters. The highest BCUT2D eigenvalue weighted by Crippen LogP contribution is 2.24. The minimum absolute atomic E-state index is 0.0356. The van der Waals surface area contributed by atoms with Crippen molar-refractivity contribution in [3.63, 3.8) is 0 Å². The standard InChI is InChI=1S/C27H35N3O7/c1-3-35-27(33)20-10-13-29(14-11-20)25(31)12-15-30(18-22-5-4-16-36-22)26(32)23-17-24(37-28-23)19-6-8-21(34-2)9-7-19/h6-9,17,20,22H,3-5,10-16,18H2,1-2H3/t22-/m1/s1. The number of benzene rings is 1. The van der Waals surface area contributed by atoms with Gasteiger partial charge in [0.25, 0.3) is 5.91 Å². The number of ether oxygens (including phenoxy) is 3. The summed E-state index contributed by atoms with van der Waals surface area (Å²) in [5.74, 6) is 0.512. The molecule has 0 radical (unpaired) electrons. The van der Waals surface area contributed by atoms with Gasteiger partial charge in [0, 0.05) is 50.8 Å². The average Bonchev–Trinajstić information content (AvgIpc) is 3.63. The molecule has 3 heterocycles. The summed E-state index contributed by atoms with van der Waals surface area (Å²) in [6, 6.07) is 8.91. The van der Waals surface area contributed by atoms with Gasteiger partial charge in [-0.25, -0.2) is 0 Å². The Hall–Kier alpha value is -3.40. The molecule has 0 bridgehead atoms. The smallest absolute Gasteiger partial charge is 0.309 e. The average molecular weight is 514 g/mol. The van der Waals surface area contributed by atoms with Gasteiger partial charge in [-0.15, -0.1) is 0 Å². The summed E-state index contributed by atoms with van der Waals surface area (Å²) in [7, 11) is 1.60. The van der Waals surface area contributed by atoms with Crippen LogP contribution in [0.25, 0.3) is 11.3 Å². The van der Waals surface area contributed by atoms with Gasteiger partial charge in [0.2, 0.25) is 5.91 Å². The largest absolute Gasteiger partial charge is 0.497 e. The van der Waals surface area contributed by atoms with E-state index in [-0.39, 0.29) is 48.5 Å². The lowest BCUT2D eigenvalue weighted by Crippen LogP contribution is -2.43. The van der Waals surface area contributed by atoms with Gasteiger partial charge in [0.05, 0.1) is 25.7 Å². The predicted octanol–water partition coefficient (Wildman–Crippen LogP) is 3.16. The van der Waals surface area contributed by atoms with Gasteiger partial charge < -0.3 is 28.5 Å². The second-order valence-corrected chi connectivity index (χ2v) is 9.35. The fraction of sp³-hybridized carbons (Fsp3) is 0.556. The molecular formula is C27H35N3O7. The van der Waals surface area contributed by atoms with E-state index in [2.05, 4.69) is 5.16 Å². The lowest BCUT2D eigenvalue weighted by Gasteiger charge is -2.32. The van der Waals surface area contributed by atoms with Gasteiger partial charge in [-0.3, -0.25) is 14.4 Å². The number of carbonyl (C=O) groups excluding carboxylic acids is 3. The van der Waals surface area contributed by atoms with Crippen molar-refractivity contribution in [1.29, 1.82) is 0 Å². The first-order valence-electron chi connectivity index (χ1n) is 12.9. The quantitative estimate of drug-likeness (QED) is 0.446. The van der Waals surface area contributed by atoms with E-state index in [4.69, 9.17) is 18.7 Å². The van der Waals surface area contributed by atoms with Gasteiger partial charge in [0.15, 0.2) is 11.5 Å². The van der Waals surface area contributed by atoms with E-state index in [0.717, 1.165) is 24.2 Å². The number of methoxy groups -OCH3 is 1. The third-order valence-electron chi connectivity index (χ3n) is 6.90. The topological polar surface area (TPSA) is 111 Å². The maximum atomic E-state index is 13.4. The number of likely N-dealkylation sites (tertiary alicyclic amines) is 1. The van der Waals surface area contributed by atoms with Crippen molar-refractivity contribution in [2.24, 2.45) is 5.92 Å². The Bertz CT molecular complexity index is 1050. The molecule has 0 N–H and O–H groups in total. The molecule has 1 atom stereocenters. The second kappa shape index (κ2) is 12.7. The molecule has 200 valence electrons. The maximum absolute atomic E-state index is 13.4. The molecular weight excluding hydrogens is 478 g/mol. The van der Waals surface area contributed by atoms with Crippen LogP contribution in [0.1, 0.15) is 49.5 Å². The summed E-state index contributed by atoms with van der Waals surface area (Å²) < 4.78 is 21.5. The third kappa shape index (κ3) is 6.88. The summed E-state index contributed by atoms with van der Waals surface area (Å²) >= 11 is 0. The Labute approximate surface area is 216 Å². The van der Waals surface area contributed by atoms with Crippen molar-refractivity contribution in [2.75, 3.05) is 46.5 Å². The predicted molar refractivity (Wildman–Crippen MR) is 134 cm³/mol. The fourth-order valence-corrected chi connectivity index (χ4v) is 4.75. The van der Waals surface area contributed by atoms with E-state index in [1.165, 1.54) is 0 Å². The molecule has 2 saturated heterocycles. The number of carbonyl (C=O) groups is 3. The van der Waals surface area contributed by atoms with Crippen molar-refractivity contribution in [1.82, 2.24) is 15.0 Å². The third-order valence-corrected chi connectivity index (χ3v) is 6.90. The van der Waals surface area contributed by atoms with Gasteiger partial charge in [-0.2, -0.15) is 0 Å². The Balaban J connectivity index is 1.37. The molecule has 0 spiro atoms. The minimum atomic E-state index is -0.298. The molecule has 37 heavy (non-hydrogen) atoms. The van der Waals surface area contributed by atoms with Gasteiger partial charge >= 0.3 is 5.97 Å². The van der Waals surface area contributed by atoms with Crippen LogP contribution in [0.4, 0.5) is 0 Å². The molecule has 1 aromatic heterocycles. The van der Waals surface area contributed by atoms with Gasteiger partial charge in [-0.05, 0) is 56.9 Å². The Morgan fingerprint density at radius 3 is 2.54 bits per heavy atom. The Kier molecular flexibility index (Phi) is 9.16. The molecule has 10 nitrogen and oxygen atoms in total. The van der Waals surface area contributed by atoms with E-state index in [9.17, 15) is 14.4 Å². The lowest BCUT2D eigenvalue weighted by molar-refractivity contribution is -0.151. The number of aromatic nitrogens is 1. The van der Waals surface area contributed by atoms with Crippen LogP contribution in [-0.2, 0) is 19.1 Å². The van der Waals surface area contributed by atoms with E-state index < -0.39 is 0 Å². The van der Waals surface area contributed by atoms with Crippen LogP contribution in [0.5, 0.6) is 5.75 Å². The monoisotopic (exact) mass is 513 g/mol. The first kappa shape index (κ1) is 26.7. The van der Waals surface area contributed by atoms with Crippen LogP contribution in [-0.4, -0.2) is 85.3 Å². The maximum Gasteiger partial charge on any atom is 0.309 e. The summed E-state index contributed by atoms with van der Waals surface area (Å²) in [6.45, 7) is 4.49. The van der Waals surface area contributed by atoms with Crippen LogP contribution in [0.2, 0.25) is 0 Å². The normalized spacial score (nSPS) is 18.0. The van der Waals surface area contributed by atoms with Crippen molar-refractivity contribution in [2.45, 2.75) is 45.1 Å². The van der Waals surface area contributed by atoms with Gasteiger partial charge in [-0.1, -0.05) is 5.16 Å². The molecule has 4 rings (SSSR count). The summed E-state index contributed by atoms with van der Waals surface area (Å²) in [6.07, 6.45) is 3.13. The van der Waals surface area contributed by atoms with Crippen LogP contribution in [0.3, 0.4) is 0 Å². The first-order valence-corrected chi connectivity index (χ1v) is 12.9. The summed E-state index contributed by atoms with van der Waals surface area (Å²) in [5.41, 5.74) is 0.964. The zero-order valence-electron chi connectivity index (χ0n) is 21.5. The van der Waals surface area contributed by atoms with E-state index >= 15 is 0 Å². The highest BCUT2D eigenvalue weighted by Gasteiger charge is 2.30. The molecule has 0 saturated carbocycles. The molecule has 2 fully saturated rings. The van der Waals surface area contributed by atoms with Crippen LogP contribution < -0.4 is 4.74 Å². The number of rotatable bonds is 10. The van der Waals surface area contributed by atoms with Crippen molar-refractivity contribution >= 4 is 17.8 Å². The van der Waals surface area contributed by atoms with Crippen LogP contribution in [0.15, 0.2) is 34.9 Å². The number of hydrogen-bond donors (Lipinski definition) is 0. The highest BCUT2D eigenvalue weighted by atomic mass is 16.5. The van der Waals surface area contributed by atoms with E-state index in [1.807, 2.05) is 24.3 Å². The number of piperidine rings is 1. The summed E-state index contributed by atoms with van der Waals surface area (Å²) in [5, 5.41) is 4.01. The molecule has 2 aliphatic heterocycles. The molecule has 10 heteroatoms. The van der Waals surface area contributed by atoms with Crippen molar-refractivity contribution < 1.29 is 33.1 Å². The molecule has 2 aliphatic rings. The first-order chi connectivity index (χ1) is 18.0. The van der Waals surface area contributed by atoms with Crippen LogP contribution >= 0.6 is 0 Å². The fourth-order valence-electron chi connectivity index (χ4n) is 4.75. The zero-order valence-corrected chi connectivity index (χ0v) is 21.5.